The van der Waals surface area contributed by atoms with E-state index in [1.54, 1.807) is 29.5 Å². The highest BCUT2D eigenvalue weighted by atomic mass is 32.1. The number of likely N-dealkylation sites (N-methyl/N-ethyl adjacent to an activating group) is 1. The molecule has 2 aromatic heterocycles. The Morgan fingerprint density at radius 3 is 2.92 bits per heavy atom. The lowest BCUT2D eigenvalue weighted by Gasteiger charge is -2.29. The lowest BCUT2D eigenvalue weighted by Crippen LogP contribution is -2.45. The maximum Gasteiger partial charge on any atom is 0.254 e. The maximum atomic E-state index is 12.7. The summed E-state index contributed by atoms with van der Waals surface area (Å²) in [5, 5.41) is 12.8. The third-order valence-corrected chi connectivity index (χ3v) is 5.85. The molecule has 5 nitrogen and oxygen atoms in total. The number of thiophene rings is 1. The predicted octanol–water partition coefficient (Wildman–Crippen LogP) is 2.98. The van der Waals surface area contributed by atoms with Crippen molar-refractivity contribution >= 4 is 23.1 Å². The average molecular weight is 359 g/mol. The maximum absolute atomic E-state index is 12.7. The Labute approximate surface area is 152 Å². The van der Waals surface area contributed by atoms with Gasteiger partial charge in [0.1, 0.15) is 11.4 Å². The van der Waals surface area contributed by atoms with Gasteiger partial charge in [0.25, 0.3) is 5.91 Å². The highest BCUT2D eigenvalue weighted by Gasteiger charge is 2.38. The van der Waals surface area contributed by atoms with Gasteiger partial charge in [-0.05, 0) is 30.5 Å². The highest BCUT2D eigenvalue weighted by Crippen LogP contribution is 2.27. The van der Waals surface area contributed by atoms with Crippen LogP contribution in [0.3, 0.4) is 0 Å². The first kappa shape index (κ1) is 17.9. The molecule has 2 aromatic rings. The zero-order valence-electron chi connectivity index (χ0n) is 15.0. The number of carbonyl (C=O) groups is 1. The second-order valence-corrected chi connectivity index (χ2v) is 8.08. The van der Waals surface area contributed by atoms with Crippen LogP contribution >= 0.6 is 11.3 Å². The van der Waals surface area contributed by atoms with Gasteiger partial charge < -0.3 is 14.9 Å². The SMILES string of the molecule is CC(C)c1cc(C(=O)N(C)C[C@@]2(O)CCN(c3ccccn3)C2)cs1. The number of aliphatic hydroxyl groups is 1. The fourth-order valence-electron chi connectivity index (χ4n) is 3.22. The Kier molecular flexibility index (Phi) is 5.11. The smallest absolute Gasteiger partial charge is 0.254 e. The van der Waals surface area contributed by atoms with E-state index in [2.05, 4.69) is 23.7 Å². The lowest BCUT2D eigenvalue weighted by molar-refractivity contribution is 0.0264. The van der Waals surface area contributed by atoms with Gasteiger partial charge in [-0.15, -0.1) is 11.3 Å². The van der Waals surface area contributed by atoms with Crippen molar-refractivity contribution in [2.45, 2.75) is 31.8 Å². The normalized spacial score (nSPS) is 20.3. The third-order valence-electron chi connectivity index (χ3n) is 4.62. The number of rotatable bonds is 5. The van der Waals surface area contributed by atoms with Crippen LogP contribution in [0.15, 0.2) is 35.8 Å². The Hall–Kier alpha value is -1.92. The van der Waals surface area contributed by atoms with Gasteiger partial charge >= 0.3 is 0 Å². The molecular formula is C19H25N3O2S. The van der Waals surface area contributed by atoms with E-state index in [1.807, 2.05) is 29.6 Å². The molecule has 3 rings (SSSR count). The summed E-state index contributed by atoms with van der Waals surface area (Å²) in [4.78, 5) is 21.9. The van der Waals surface area contributed by atoms with Gasteiger partial charge in [-0.25, -0.2) is 4.98 Å². The molecule has 1 aliphatic heterocycles. The molecule has 1 saturated heterocycles. The molecule has 0 bridgehead atoms. The van der Waals surface area contributed by atoms with Crippen molar-refractivity contribution in [2.24, 2.45) is 0 Å². The monoisotopic (exact) mass is 359 g/mol. The van der Waals surface area contributed by atoms with E-state index in [0.717, 1.165) is 12.4 Å². The van der Waals surface area contributed by atoms with E-state index < -0.39 is 5.60 Å². The largest absolute Gasteiger partial charge is 0.386 e. The van der Waals surface area contributed by atoms with Gasteiger partial charge in [-0.3, -0.25) is 4.79 Å². The van der Waals surface area contributed by atoms with Crippen molar-refractivity contribution < 1.29 is 9.90 Å². The van der Waals surface area contributed by atoms with Gasteiger partial charge in [0.2, 0.25) is 0 Å². The number of hydrogen-bond donors (Lipinski definition) is 1. The molecule has 0 spiro atoms. The summed E-state index contributed by atoms with van der Waals surface area (Å²) >= 11 is 1.62. The Morgan fingerprint density at radius 1 is 1.48 bits per heavy atom. The van der Waals surface area contributed by atoms with Gasteiger partial charge in [-0.1, -0.05) is 19.9 Å². The number of carbonyl (C=O) groups excluding carboxylic acids is 1. The van der Waals surface area contributed by atoms with Crippen LogP contribution in [0.2, 0.25) is 0 Å². The molecule has 25 heavy (non-hydrogen) atoms. The Balaban J connectivity index is 1.63. The number of β-amino-alcohol motifs (C(OH)–C–C–N with tert-alkyl or cyclic N) is 1. The van der Waals surface area contributed by atoms with Crippen molar-refractivity contribution in [2.75, 3.05) is 31.6 Å². The van der Waals surface area contributed by atoms with Gasteiger partial charge in [0.05, 0.1) is 12.1 Å². The number of amides is 1. The van der Waals surface area contributed by atoms with Crippen LogP contribution in [0.1, 0.15) is 41.4 Å². The predicted molar refractivity (Wildman–Crippen MR) is 101 cm³/mol. The summed E-state index contributed by atoms with van der Waals surface area (Å²) in [6.45, 7) is 5.80. The van der Waals surface area contributed by atoms with E-state index in [4.69, 9.17) is 0 Å². The van der Waals surface area contributed by atoms with Crippen molar-refractivity contribution in [1.82, 2.24) is 9.88 Å². The van der Waals surface area contributed by atoms with Gasteiger partial charge in [-0.2, -0.15) is 0 Å². The Bertz CT molecular complexity index is 731. The lowest BCUT2D eigenvalue weighted by atomic mass is 10.0. The molecule has 1 amide bonds. The first-order valence-corrected chi connectivity index (χ1v) is 9.48. The molecule has 1 aliphatic rings. The summed E-state index contributed by atoms with van der Waals surface area (Å²) in [6.07, 6.45) is 2.38. The summed E-state index contributed by atoms with van der Waals surface area (Å²) < 4.78 is 0. The minimum atomic E-state index is -0.904. The topological polar surface area (TPSA) is 56.7 Å². The van der Waals surface area contributed by atoms with Gasteiger partial charge in [0.15, 0.2) is 0 Å². The number of hydrogen-bond acceptors (Lipinski definition) is 5. The first-order valence-electron chi connectivity index (χ1n) is 8.60. The molecule has 0 unspecified atom stereocenters. The minimum absolute atomic E-state index is 0.0344. The van der Waals surface area contributed by atoms with Crippen LogP contribution in [0, 0.1) is 0 Å². The van der Waals surface area contributed by atoms with E-state index in [-0.39, 0.29) is 5.91 Å². The molecule has 1 atom stereocenters. The van der Waals surface area contributed by atoms with Crippen LogP contribution in [-0.4, -0.2) is 53.2 Å². The van der Waals surface area contributed by atoms with E-state index in [1.165, 1.54) is 4.88 Å². The third kappa shape index (κ3) is 4.02. The zero-order valence-corrected chi connectivity index (χ0v) is 15.8. The molecule has 0 aliphatic carbocycles. The van der Waals surface area contributed by atoms with Crippen LogP contribution in [0.4, 0.5) is 5.82 Å². The number of anilines is 1. The second kappa shape index (κ2) is 7.14. The highest BCUT2D eigenvalue weighted by molar-refractivity contribution is 7.10. The van der Waals surface area contributed by atoms with E-state index >= 15 is 0 Å². The Morgan fingerprint density at radius 2 is 2.28 bits per heavy atom. The van der Waals surface area contributed by atoms with Crippen LogP contribution in [-0.2, 0) is 0 Å². The molecular weight excluding hydrogens is 334 g/mol. The minimum Gasteiger partial charge on any atom is -0.386 e. The van der Waals surface area contributed by atoms with Crippen LogP contribution in [0.5, 0.6) is 0 Å². The van der Waals surface area contributed by atoms with Crippen molar-refractivity contribution in [1.29, 1.82) is 0 Å². The summed E-state index contributed by atoms with van der Waals surface area (Å²) in [5.74, 6) is 1.25. The molecule has 1 N–H and O–H groups in total. The number of aromatic nitrogens is 1. The number of pyridine rings is 1. The first-order chi connectivity index (χ1) is 11.9. The molecule has 6 heteroatoms. The molecule has 3 heterocycles. The second-order valence-electron chi connectivity index (χ2n) is 7.14. The van der Waals surface area contributed by atoms with E-state index in [9.17, 15) is 9.90 Å². The van der Waals surface area contributed by atoms with Crippen molar-refractivity contribution in [3.05, 3.63) is 46.3 Å². The average Bonchev–Trinajstić information content (AvgIpc) is 3.22. The molecule has 0 radical (unpaired) electrons. The quantitative estimate of drug-likeness (QED) is 0.892. The molecule has 0 aromatic carbocycles. The van der Waals surface area contributed by atoms with Crippen molar-refractivity contribution in [3.8, 4) is 0 Å². The number of nitrogens with zero attached hydrogens (tertiary/aromatic N) is 3. The standard InChI is InChI=1S/C19H25N3O2S/c1-14(2)16-10-15(11-25-16)18(23)21(3)12-19(24)7-9-22(13-19)17-6-4-5-8-20-17/h4-6,8,10-11,14,24H,7,9,12-13H2,1-3H3/t19-/m0/s1. The van der Waals surface area contributed by atoms with Crippen LogP contribution < -0.4 is 4.90 Å². The molecule has 134 valence electrons. The fourth-order valence-corrected chi connectivity index (χ4v) is 4.12. The zero-order chi connectivity index (χ0) is 18.0. The van der Waals surface area contributed by atoms with Crippen LogP contribution in [0.25, 0.3) is 0 Å². The van der Waals surface area contributed by atoms with E-state index in [0.29, 0.717) is 31.0 Å². The fraction of sp³-hybridized carbons (Fsp3) is 0.474. The summed E-state index contributed by atoms with van der Waals surface area (Å²) in [6, 6.07) is 7.73. The van der Waals surface area contributed by atoms with Crippen molar-refractivity contribution in [3.63, 3.8) is 0 Å². The summed E-state index contributed by atoms with van der Waals surface area (Å²) in [7, 11) is 1.76. The molecule has 1 fully saturated rings. The molecule has 0 saturated carbocycles. The summed E-state index contributed by atoms with van der Waals surface area (Å²) in [5.41, 5.74) is -0.196. The van der Waals surface area contributed by atoms with Gasteiger partial charge in [0, 0.05) is 36.6 Å².